The van der Waals surface area contributed by atoms with Gasteiger partial charge in [-0.1, -0.05) is 0 Å². The van der Waals surface area contributed by atoms with Gasteiger partial charge >= 0.3 is 0 Å². The maximum Gasteiger partial charge on any atom is 0.232 e. The van der Waals surface area contributed by atoms with Crippen LogP contribution in [-0.4, -0.2) is 74.0 Å². The molecule has 0 aromatic carbocycles. The fraction of sp³-hybridized carbons (Fsp3) is 0.917. The Hall–Kier alpha value is -0.260. The first-order chi connectivity index (χ1) is 8.09. The van der Waals surface area contributed by atoms with Gasteiger partial charge in [0.15, 0.2) is 0 Å². The highest BCUT2D eigenvalue weighted by atomic mass is 32.2. The predicted molar refractivity (Wildman–Crippen MR) is 74.5 cm³/mol. The molecular weight excluding hydrogens is 234 g/mol. The van der Waals surface area contributed by atoms with Gasteiger partial charge in [-0.05, 0) is 40.0 Å². The van der Waals surface area contributed by atoms with Crippen LogP contribution in [0.15, 0.2) is 0 Å². The highest BCUT2D eigenvalue weighted by Crippen LogP contribution is 2.20. The van der Waals surface area contributed by atoms with Crippen LogP contribution in [0, 0.1) is 0 Å². The third-order valence-electron chi connectivity index (χ3n) is 3.04. The molecule has 17 heavy (non-hydrogen) atoms. The minimum atomic E-state index is 0.260. The van der Waals surface area contributed by atoms with E-state index in [1.54, 1.807) is 0 Å². The zero-order valence-electron chi connectivity index (χ0n) is 11.2. The highest BCUT2D eigenvalue weighted by Gasteiger charge is 2.16. The lowest BCUT2D eigenvalue weighted by molar-refractivity contribution is -0.127. The number of carbonyl (C=O) groups excluding carboxylic acids is 1. The molecule has 0 bridgehead atoms. The van der Waals surface area contributed by atoms with Gasteiger partial charge in [-0.3, -0.25) is 4.79 Å². The maximum atomic E-state index is 11.9. The molecule has 1 amide bonds. The largest absolute Gasteiger partial charge is 0.344 e. The maximum absolute atomic E-state index is 11.9. The first-order valence-electron chi connectivity index (χ1n) is 6.30. The third kappa shape index (κ3) is 6.29. The molecule has 1 heterocycles. The molecule has 0 radical (unpaired) electrons. The number of hydrogen-bond acceptors (Lipinski definition) is 4. The Kier molecular flexibility index (Phi) is 6.92. The summed E-state index contributed by atoms with van der Waals surface area (Å²) in [6, 6.07) is 0. The summed E-state index contributed by atoms with van der Waals surface area (Å²) in [5.41, 5.74) is 0. The average Bonchev–Trinajstić information content (AvgIpc) is 2.34. The lowest BCUT2D eigenvalue weighted by atomic mass is 10.2. The summed E-state index contributed by atoms with van der Waals surface area (Å²) in [7, 11) is 5.96. The molecule has 1 rings (SSSR count). The summed E-state index contributed by atoms with van der Waals surface area (Å²) in [4.78, 5) is 15.8. The number of piperidine rings is 1. The van der Waals surface area contributed by atoms with Crippen molar-refractivity contribution in [2.24, 2.45) is 0 Å². The Morgan fingerprint density at radius 3 is 2.47 bits per heavy atom. The number of nitrogens with one attached hydrogen (secondary N) is 1. The average molecular weight is 259 g/mol. The van der Waals surface area contributed by atoms with E-state index in [4.69, 9.17) is 0 Å². The zero-order chi connectivity index (χ0) is 12.7. The van der Waals surface area contributed by atoms with Crippen molar-refractivity contribution in [3.05, 3.63) is 0 Å². The van der Waals surface area contributed by atoms with Crippen molar-refractivity contribution in [1.29, 1.82) is 0 Å². The smallest absolute Gasteiger partial charge is 0.232 e. The molecule has 1 saturated heterocycles. The second-order valence-electron chi connectivity index (χ2n) is 4.88. The van der Waals surface area contributed by atoms with Crippen LogP contribution in [0.1, 0.15) is 12.8 Å². The van der Waals surface area contributed by atoms with Crippen LogP contribution >= 0.6 is 11.8 Å². The van der Waals surface area contributed by atoms with Crippen molar-refractivity contribution in [3.63, 3.8) is 0 Å². The van der Waals surface area contributed by atoms with E-state index in [2.05, 4.69) is 10.2 Å². The van der Waals surface area contributed by atoms with Crippen molar-refractivity contribution in [2.45, 2.75) is 18.1 Å². The van der Waals surface area contributed by atoms with Crippen LogP contribution in [0.3, 0.4) is 0 Å². The van der Waals surface area contributed by atoms with E-state index in [9.17, 15) is 4.79 Å². The van der Waals surface area contributed by atoms with Gasteiger partial charge in [0.2, 0.25) is 5.91 Å². The topological polar surface area (TPSA) is 35.6 Å². The quantitative estimate of drug-likeness (QED) is 0.753. The van der Waals surface area contributed by atoms with Gasteiger partial charge in [0.25, 0.3) is 0 Å². The Morgan fingerprint density at radius 2 is 1.88 bits per heavy atom. The minimum absolute atomic E-state index is 0.260. The van der Waals surface area contributed by atoms with Crippen LogP contribution in [0.4, 0.5) is 0 Å². The molecule has 5 heteroatoms. The molecule has 4 nitrogen and oxygen atoms in total. The molecule has 1 N–H and O–H groups in total. The van der Waals surface area contributed by atoms with E-state index in [1.807, 2.05) is 37.8 Å². The van der Waals surface area contributed by atoms with Gasteiger partial charge in [-0.2, -0.15) is 0 Å². The minimum Gasteiger partial charge on any atom is -0.344 e. The number of likely N-dealkylation sites (N-methyl/N-ethyl adjacent to an activating group) is 2. The summed E-state index contributed by atoms with van der Waals surface area (Å²) in [6.07, 6.45) is 2.39. The Balaban J connectivity index is 2.14. The fourth-order valence-electron chi connectivity index (χ4n) is 1.74. The molecule has 1 fully saturated rings. The lowest BCUT2D eigenvalue weighted by Crippen LogP contribution is -2.35. The molecule has 0 aliphatic carbocycles. The van der Waals surface area contributed by atoms with E-state index in [-0.39, 0.29) is 5.91 Å². The van der Waals surface area contributed by atoms with Crippen LogP contribution in [0.5, 0.6) is 0 Å². The van der Waals surface area contributed by atoms with Crippen LogP contribution in [0.25, 0.3) is 0 Å². The number of nitrogens with zero attached hydrogens (tertiary/aromatic N) is 2. The molecule has 0 aromatic heterocycles. The molecule has 0 spiro atoms. The third-order valence-corrected chi connectivity index (χ3v) is 4.39. The Bertz CT molecular complexity index is 230. The molecule has 0 aromatic rings. The lowest BCUT2D eigenvalue weighted by Gasteiger charge is -2.24. The van der Waals surface area contributed by atoms with Crippen molar-refractivity contribution >= 4 is 17.7 Å². The van der Waals surface area contributed by atoms with Gasteiger partial charge < -0.3 is 15.1 Å². The first-order valence-corrected chi connectivity index (χ1v) is 7.35. The number of carbonyl (C=O) groups is 1. The molecule has 0 unspecified atom stereocenters. The van der Waals surface area contributed by atoms with Crippen molar-refractivity contribution in [1.82, 2.24) is 15.1 Å². The molecule has 1 aliphatic rings. The predicted octanol–water partition coefficient (Wildman–Crippen LogP) is 0.492. The highest BCUT2D eigenvalue weighted by molar-refractivity contribution is 8.00. The standard InChI is InChI=1S/C12H25N3OS/c1-14(2)8-9-15(3)12(16)10-17-11-4-6-13-7-5-11/h11,13H,4-10H2,1-3H3. The molecule has 0 saturated carbocycles. The monoisotopic (exact) mass is 259 g/mol. The van der Waals surface area contributed by atoms with Crippen LogP contribution < -0.4 is 5.32 Å². The van der Waals surface area contributed by atoms with Gasteiger partial charge in [0, 0.05) is 25.4 Å². The first kappa shape index (κ1) is 14.8. The van der Waals surface area contributed by atoms with E-state index in [0.29, 0.717) is 11.0 Å². The molecular formula is C12H25N3OS. The van der Waals surface area contributed by atoms with Gasteiger partial charge in [-0.15, -0.1) is 11.8 Å². The second-order valence-corrected chi connectivity index (χ2v) is 6.17. The van der Waals surface area contributed by atoms with Crippen molar-refractivity contribution < 1.29 is 4.79 Å². The van der Waals surface area contributed by atoms with Crippen molar-refractivity contribution in [3.8, 4) is 0 Å². The molecule has 1 aliphatic heterocycles. The van der Waals surface area contributed by atoms with Crippen LogP contribution in [-0.2, 0) is 4.79 Å². The Morgan fingerprint density at radius 1 is 1.24 bits per heavy atom. The van der Waals surface area contributed by atoms with E-state index >= 15 is 0 Å². The summed E-state index contributed by atoms with van der Waals surface area (Å²) in [5, 5.41) is 4.01. The van der Waals surface area contributed by atoms with Gasteiger partial charge in [0.1, 0.15) is 0 Å². The van der Waals surface area contributed by atoms with Gasteiger partial charge in [-0.25, -0.2) is 0 Å². The van der Waals surface area contributed by atoms with Crippen LogP contribution in [0.2, 0.25) is 0 Å². The summed E-state index contributed by atoms with van der Waals surface area (Å²) < 4.78 is 0. The summed E-state index contributed by atoms with van der Waals surface area (Å²) >= 11 is 1.82. The van der Waals surface area contributed by atoms with E-state index in [0.717, 1.165) is 26.2 Å². The fourth-order valence-corrected chi connectivity index (χ4v) is 2.90. The molecule has 100 valence electrons. The Labute approximate surface area is 109 Å². The summed E-state index contributed by atoms with van der Waals surface area (Å²) in [6.45, 7) is 3.95. The number of rotatable bonds is 6. The normalized spacial score (nSPS) is 17.4. The van der Waals surface area contributed by atoms with E-state index in [1.165, 1.54) is 12.8 Å². The zero-order valence-corrected chi connectivity index (χ0v) is 12.1. The van der Waals surface area contributed by atoms with Crippen molar-refractivity contribution in [2.75, 3.05) is 53.1 Å². The second kappa shape index (κ2) is 7.95. The number of thioether (sulfide) groups is 1. The SMILES string of the molecule is CN(C)CCN(C)C(=O)CSC1CCNCC1. The van der Waals surface area contributed by atoms with Gasteiger partial charge in [0.05, 0.1) is 5.75 Å². The summed E-state index contributed by atoms with van der Waals surface area (Å²) in [5.74, 6) is 0.893. The number of hydrogen-bond donors (Lipinski definition) is 1. The van der Waals surface area contributed by atoms with E-state index < -0.39 is 0 Å². The molecule has 0 atom stereocenters. The number of amides is 1.